The van der Waals surface area contributed by atoms with Gasteiger partial charge in [-0.25, -0.2) is 0 Å². The van der Waals surface area contributed by atoms with Gasteiger partial charge in [-0.2, -0.15) is 0 Å². The van der Waals surface area contributed by atoms with E-state index in [1.54, 1.807) is 0 Å². The fourth-order valence-corrected chi connectivity index (χ4v) is 10.7. The van der Waals surface area contributed by atoms with Gasteiger partial charge < -0.3 is 14.6 Å². The molecule has 4 aliphatic carbocycles. The zero-order valence-electron chi connectivity index (χ0n) is 20.1. The number of rotatable bonds is 2. The van der Waals surface area contributed by atoms with Gasteiger partial charge in [-0.1, -0.05) is 48.0 Å². The molecular formula is C27H44O3. The van der Waals surface area contributed by atoms with Crippen molar-refractivity contribution in [2.45, 2.75) is 111 Å². The predicted molar refractivity (Wildman–Crippen MR) is 119 cm³/mol. The second-order valence-electron chi connectivity index (χ2n) is 13.0. The molecule has 0 aromatic carbocycles. The Morgan fingerprint density at radius 1 is 1.10 bits per heavy atom. The summed E-state index contributed by atoms with van der Waals surface area (Å²) in [4.78, 5) is 11.5. The molecule has 0 amide bonds. The fraction of sp³-hybridized carbons (Fsp3) is 0.963. The highest BCUT2D eigenvalue weighted by Gasteiger charge is 2.80. The van der Waals surface area contributed by atoms with Crippen molar-refractivity contribution in [3.8, 4) is 0 Å². The van der Waals surface area contributed by atoms with Gasteiger partial charge in [0.25, 0.3) is 0 Å². The largest absolute Gasteiger partial charge is 0.393 e. The third-order valence-electron chi connectivity index (χ3n) is 12.1. The fourth-order valence-electron chi connectivity index (χ4n) is 10.7. The number of carbonyl (C=O) groups is 1. The van der Waals surface area contributed by atoms with Crippen LogP contribution in [0.5, 0.6) is 0 Å². The molecule has 1 saturated heterocycles. The summed E-state index contributed by atoms with van der Waals surface area (Å²) in [6.07, 6.45) is 10.4. The second-order valence-corrected chi connectivity index (χ2v) is 13.0. The van der Waals surface area contributed by atoms with Crippen LogP contribution in [0.15, 0.2) is 0 Å². The van der Waals surface area contributed by atoms with Crippen molar-refractivity contribution in [3.05, 3.63) is 0 Å². The number of ether oxygens (including phenoxy) is 1. The number of fused-ring (bicyclic) bond motifs is 4. The SMILES string of the molecule is CCC1C(C)(C)[C@@H](O)CC[C@@]12[C@@H](C)[C@]21CC[C@@]2(C)C(CC3OC(C=O)C[C@@H](C)C32)C1. The zero-order chi connectivity index (χ0) is 21.7. The van der Waals surface area contributed by atoms with Gasteiger partial charge in [-0.3, -0.25) is 0 Å². The Morgan fingerprint density at radius 2 is 1.83 bits per heavy atom. The van der Waals surface area contributed by atoms with E-state index in [2.05, 4.69) is 41.5 Å². The first kappa shape index (κ1) is 21.4. The molecule has 0 aromatic heterocycles. The lowest BCUT2D eigenvalue weighted by molar-refractivity contribution is -0.142. The second kappa shape index (κ2) is 6.56. The lowest BCUT2D eigenvalue weighted by atomic mass is 9.52. The minimum atomic E-state index is -0.185. The number of aliphatic hydroxyl groups excluding tert-OH is 1. The summed E-state index contributed by atoms with van der Waals surface area (Å²) in [5, 5.41) is 10.8. The molecule has 0 radical (unpaired) electrons. The van der Waals surface area contributed by atoms with Gasteiger partial charge in [0.2, 0.25) is 0 Å². The van der Waals surface area contributed by atoms with Gasteiger partial charge in [0.15, 0.2) is 0 Å². The topological polar surface area (TPSA) is 46.5 Å². The number of hydrogen-bond donors (Lipinski definition) is 1. The highest BCUT2D eigenvalue weighted by molar-refractivity contribution is 5.56. The van der Waals surface area contributed by atoms with Gasteiger partial charge in [-0.05, 0) is 96.2 Å². The van der Waals surface area contributed by atoms with Crippen LogP contribution in [0.1, 0.15) is 92.9 Å². The highest BCUT2D eigenvalue weighted by atomic mass is 16.5. The summed E-state index contributed by atoms with van der Waals surface area (Å²) in [7, 11) is 0. The van der Waals surface area contributed by atoms with E-state index in [0.29, 0.717) is 34.0 Å². The maximum atomic E-state index is 11.5. The first-order valence-electron chi connectivity index (χ1n) is 12.9. The molecule has 1 N–H and O–H groups in total. The molecule has 4 saturated carbocycles. The van der Waals surface area contributed by atoms with Crippen LogP contribution in [0.25, 0.3) is 0 Å². The number of aliphatic hydroxyl groups is 1. The van der Waals surface area contributed by atoms with Crippen LogP contribution in [0, 0.1) is 51.2 Å². The molecule has 3 nitrogen and oxygen atoms in total. The van der Waals surface area contributed by atoms with E-state index in [4.69, 9.17) is 4.74 Å². The van der Waals surface area contributed by atoms with Crippen LogP contribution in [0.4, 0.5) is 0 Å². The smallest absolute Gasteiger partial charge is 0.148 e. The molecule has 3 heteroatoms. The minimum Gasteiger partial charge on any atom is -0.393 e. The summed E-state index contributed by atoms with van der Waals surface area (Å²) >= 11 is 0. The van der Waals surface area contributed by atoms with E-state index in [1.807, 2.05) is 0 Å². The van der Waals surface area contributed by atoms with Crippen molar-refractivity contribution < 1.29 is 14.6 Å². The molecule has 5 aliphatic rings. The van der Waals surface area contributed by atoms with Crippen molar-refractivity contribution >= 4 is 6.29 Å². The van der Waals surface area contributed by atoms with Gasteiger partial charge in [0, 0.05) is 0 Å². The van der Waals surface area contributed by atoms with E-state index < -0.39 is 0 Å². The molecule has 5 unspecified atom stereocenters. The summed E-state index contributed by atoms with van der Waals surface area (Å²) in [5.74, 6) is 3.32. The average molecular weight is 417 g/mol. The number of carbonyl (C=O) groups excluding carboxylic acids is 1. The first-order valence-corrected chi connectivity index (χ1v) is 12.9. The molecule has 5 fully saturated rings. The van der Waals surface area contributed by atoms with E-state index in [1.165, 1.54) is 32.1 Å². The molecule has 30 heavy (non-hydrogen) atoms. The third-order valence-corrected chi connectivity index (χ3v) is 12.1. The molecule has 2 spiro atoms. The van der Waals surface area contributed by atoms with E-state index in [9.17, 15) is 9.90 Å². The van der Waals surface area contributed by atoms with Gasteiger partial charge in [0.05, 0.1) is 12.2 Å². The van der Waals surface area contributed by atoms with Crippen molar-refractivity contribution in [3.63, 3.8) is 0 Å². The molecule has 1 heterocycles. The average Bonchev–Trinajstić information content (AvgIpc) is 3.00. The van der Waals surface area contributed by atoms with Crippen molar-refractivity contribution in [1.29, 1.82) is 0 Å². The predicted octanol–water partition coefficient (Wildman–Crippen LogP) is 5.63. The highest BCUT2D eigenvalue weighted by Crippen LogP contribution is 2.85. The van der Waals surface area contributed by atoms with E-state index >= 15 is 0 Å². The Kier molecular flexibility index (Phi) is 4.69. The maximum Gasteiger partial charge on any atom is 0.148 e. The monoisotopic (exact) mass is 416 g/mol. The Bertz CT molecular complexity index is 717. The lowest BCUT2D eigenvalue weighted by Crippen LogP contribution is -2.49. The van der Waals surface area contributed by atoms with Crippen LogP contribution in [-0.2, 0) is 9.53 Å². The molecule has 5 rings (SSSR count). The zero-order valence-corrected chi connectivity index (χ0v) is 20.1. The van der Waals surface area contributed by atoms with Gasteiger partial charge >= 0.3 is 0 Å². The normalized spacial score (nSPS) is 59.0. The van der Waals surface area contributed by atoms with Crippen LogP contribution in [0.2, 0.25) is 0 Å². The third kappa shape index (κ3) is 2.38. The Hall–Kier alpha value is -0.410. The Balaban J connectivity index is 1.44. The Morgan fingerprint density at radius 3 is 2.50 bits per heavy atom. The molecule has 0 bridgehead atoms. The van der Waals surface area contributed by atoms with Crippen molar-refractivity contribution in [2.24, 2.45) is 51.2 Å². The Labute approximate surface area is 183 Å². The summed E-state index contributed by atoms with van der Waals surface area (Å²) in [6, 6.07) is 0. The summed E-state index contributed by atoms with van der Waals surface area (Å²) in [5.41, 5.74) is 1.29. The van der Waals surface area contributed by atoms with Crippen molar-refractivity contribution in [1.82, 2.24) is 0 Å². The standard InChI is InChI=1S/C27H44O3/c1-7-21-24(4,5)22(29)8-9-27(21)17(3)26(27)11-10-25(6)18(14-26)13-20-23(25)16(2)12-19(15-28)30-20/h15-23,29H,7-14H2,1-6H3/t16-,17+,18?,19?,20?,21?,22+,23?,25+,26-,27-/m1/s1. The van der Waals surface area contributed by atoms with Crippen molar-refractivity contribution in [2.75, 3.05) is 0 Å². The van der Waals surface area contributed by atoms with Crippen LogP contribution in [0.3, 0.4) is 0 Å². The van der Waals surface area contributed by atoms with E-state index in [0.717, 1.165) is 37.4 Å². The van der Waals surface area contributed by atoms with Gasteiger partial charge in [-0.15, -0.1) is 0 Å². The van der Waals surface area contributed by atoms with E-state index in [-0.39, 0.29) is 23.7 Å². The maximum absolute atomic E-state index is 11.5. The molecule has 1 aliphatic heterocycles. The minimum absolute atomic E-state index is 0.0178. The van der Waals surface area contributed by atoms with Gasteiger partial charge in [0.1, 0.15) is 12.4 Å². The first-order chi connectivity index (χ1) is 14.1. The van der Waals surface area contributed by atoms with Crippen LogP contribution in [-0.4, -0.2) is 29.7 Å². The quantitative estimate of drug-likeness (QED) is 0.593. The molecule has 170 valence electrons. The van der Waals surface area contributed by atoms with Crippen LogP contribution >= 0.6 is 0 Å². The summed E-state index contributed by atoms with van der Waals surface area (Å²) in [6.45, 7) is 14.5. The summed E-state index contributed by atoms with van der Waals surface area (Å²) < 4.78 is 6.33. The molecule has 11 atom stereocenters. The number of aldehydes is 1. The number of hydrogen-bond acceptors (Lipinski definition) is 3. The lowest BCUT2D eigenvalue weighted by Gasteiger charge is -2.53. The van der Waals surface area contributed by atoms with Crippen LogP contribution < -0.4 is 0 Å². The molecular weight excluding hydrogens is 372 g/mol. The molecule has 0 aromatic rings.